The average molecular weight is 443 g/mol. The minimum atomic E-state index is 0. The fourth-order valence-electron chi connectivity index (χ4n) is 4.17. The second-order valence-electron chi connectivity index (χ2n) is 7.74. The molecule has 1 aromatic carbocycles. The summed E-state index contributed by atoms with van der Waals surface area (Å²) in [5.41, 5.74) is 5.05. The van der Waals surface area contributed by atoms with Crippen LogP contribution in [0.25, 0.3) is 0 Å². The van der Waals surface area contributed by atoms with Gasteiger partial charge < -0.3 is 9.64 Å². The summed E-state index contributed by atoms with van der Waals surface area (Å²) in [5, 5.41) is 4.54. The van der Waals surface area contributed by atoms with Crippen molar-refractivity contribution in [3.05, 3.63) is 71.4 Å². The molecule has 7 nitrogen and oxygen atoms in total. The Morgan fingerprint density at radius 3 is 2.55 bits per heavy atom. The molecule has 1 fully saturated rings. The van der Waals surface area contributed by atoms with Gasteiger partial charge in [0, 0.05) is 63.5 Å². The highest BCUT2D eigenvalue weighted by Gasteiger charge is 2.29. The highest BCUT2D eigenvalue weighted by molar-refractivity contribution is 5.85. The Balaban J connectivity index is 0.00000272. The van der Waals surface area contributed by atoms with E-state index in [1.807, 2.05) is 12.4 Å². The lowest BCUT2D eigenvalue weighted by atomic mass is 10.00. The van der Waals surface area contributed by atoms with E-state index in [4.69, 9.17) is 4.74 Å². The molecule has 0 saturated carbocycles. The van der Waals surface area contributed by atoms with Crippen LogP contribution in [0, 0.1) is 6.92 Å². The summed E-state index contributed by atoms with van der Waals surface area (Å²) in [6.45, 7) is 9.49. The van der Waals surface area contributed by atoms with Gasteiger partial charge in [-0.3, -0.25) is 14.6 Å². The lowest BCUT2D eigenvalue weighted by molar-refractivity contribution is 0.168. The van der Waals surface area contributed by atoms with Crippen molar-refractivity contribution in [2.45, 2.75) is 39.6 Å². The van der Waals surface area contributed by atoms with Crippen molar-refractivity contribution in [1.29, 1.82) is 0 Å². The van der Waals surface area contributed by atoms with Crippen LogP contribution in [-0.4, -0.2) is 51.4 Å². The molecule has 2 aromatic heterocycles. The third-order valence-electron chi connectivity index (χ3n) is 5.92. The Bertz CT molecular complexity index is 946. The number of anilines is 1. The lowest BCUT2D eigenvalue weighted by Gasteiger charge is -2.42. The van der Waals surface area contributed by atoms with Crippen molar-refractivity contribution in [1.82, 2.24) is 24.6 Å². The largest absolute Gasteiger partial charge is 0.380 e. The number of nitrogens with zero attached hydrogens (tertiary/aromatic N) is 6. The highest BCUT2D eigenvalue weighted by Crippen LogP contribution is 2.30. The standard InChI is InChI=1S/C23H30N6O.ClH/c1-4-29-18(2)21(13-26-29)15-27-11-12-28(23-14-24-9-10-25-23)16-22(27)20-7-5-19(6-8-20)17-30-3;/h5-10,13-14,22H,4,11-12,15-17H2,1-3H3;1H. The van der Waals surface area contributed by atoms with E-state index in [-0.39, 0.29) is 18.4 Å². The second-order valence-corrected chi connectivity index (χ2v) is 7.74. The number of hydrogen-bond acceptors (Lipinski definition) is 6. The molecular weight excluding hydrogens is 412 g/mol. The first kappa shape index (κ1) is 23.2. The molecule has 4 rings (SSSR count). The second kappa shape index (κ2) is 10.7. The van der Waals surface area contributed by atoms with Gasteiger partial charge in [-0.25, -0.2) is 4.98 Å². The predicted molar refractivity (Wildman–Crippen MR) is 124 cm³/mol. The SMILES string of the molecule is CCn1ncc(CN2CCN(c3cnccn3)CC2c2ccc(COC)cc2)c1C.Cl. The number of hydrogen-bond donors (Lipinski definition) is 0. The van der Waals surface area contributed by atoms with Crippen LogP contribution in [0.3, 0.4) is 0 Å². The smallest absolute Gasteiger partial charge is 0.147 e. The molecule has 1 saturated heterocycles. The molecule has 0 amide bonds. The number of benzene rings is 1. The Labute approximate surface area is 190 Å². The van der Waals surface area contributed by atoms with Gasteiger partial charge in [-0.15, -0.1) is 12.4 Å². The van der Waals surface area contributed by atoms with Crippen molar-refractivity contribution in [3.8, 4) is 0 Å². The summed E-state index contributed by atoms with van der Waals surface area (Å²) in [7, 11) is 1.73. The van der Waals surface area contributed by atoms with Crippen molar-refractivity contribution >= 4 is 18.2 Å². The maximum Gasteiger partial charge on any atom is 0.147 e. The molecule has 3 heterocycles. The van der Waals surface area contributed by atoms with Crippen LogP contribution < -0.4 is 4.90 Å². The van der Waals surface area contributed by atoms with Gasteiger partial charge >= 0.3 is 0 Å². The molecule has 8 heteroatoms. The molecule has 1 aliphatic rings. The van der Waals surface area contributed by atoms with Gasteiger partial charge in [0.05, 0.1) is 25.0 Å². The topological polar surface area (TPSA) is 59.3 Å². The van der Waals surface area contributed by atoms with E-state index in [1.165, 1.54) is 22.4 Å². The number of aryl methyl sites for hydroxylation is 1. The molecule has 0 bridgehead atoms. The van der Waals surface area contributed by atoms with Gasteiger partial charge in [-0.1, -0.05) is 24.3 Å². The van der Waals surface area contributed by atoms with Crippen LogP contribution in [0.5, 0.6) is 0 Å². The Morgan fingerprint density at radius 1 is 1.10 bits per heavy atom. The Hall–Kier alpha value is -2.48. The average Bonchev–Trinajstić information content (AvgIpc) is 3.15. The number of ether oxygens (including phenoxy) is 1. The maximum atomic E-state index is 5.27. The van der Waals surface area contributed by atoms with Crippen LogP contribution in [0.2, 0.25) is 0 Å². The molecule has 0 N–H and O–H groups in total. The molecule has 1 unspecified atom stereocenters. The number of aromatic nitrogens is 4. The predicted octanol–water partition coefficient (Wildman–Crippen LogP) is 3.63. The van der Waals surface area contributed by atoms with E-state index >= 15 is 0 Å². The highest BCUT2D eigenvalue weighted by atomic mass is 35.5. The summed E-state index contributed by atoms with van der Waals surface area (Å²) in [6, 6.07) is 9.06. The molecule has 166 valence electrons. The van der Waals surface area contributed by atoms with E-state index in [1.54, 1.807) is 19.5 Å². The molecular formula is C23H31ClN6O. The Morgan fingerprint density at radius 2 is 1.90 bits per heavy atom. The lowest BCUT2D eigenvalue weighted by Crippen LogP contribution is -2.48. The van der Waals surface area contributed by atoms with Gasteiger partial charge in [-0.05, 0) is 25.0 Å². The first-order valence-electron chi connectivity index (χ1n) is 10.5. The van der Waals surface area contributed by atoms with Crippen molar-refractivity contribution in [2.24, 2.45) is 0 Å². The quantitative estimate of drug-likeness (QED) is 0.556. The molecule has 0 radical (unpaired) electrons. The molecule has 0 aliphatic carbocycles. The van der Waals surface area contributed by atoms with Crippen molar-refractivity contribution in [2.75, 3.05) is 31.6 Å². The van der Waals surface area contributed by atoms with E-state index < -0.39 is 0 Å². The van der Waals surface area contributed by atoms with E-state index in [2.05, 4.69) is 67.7 Å². The van der Waals surface area contributed by atoms with Crippen LogP contribution in [0.4, 0.5) is 5.82 Å². The molecule has 0 spiro atoms. The summed E-state index contributed by atoms with van der Waals surface area (Å²) >= 11 is 0. The molecule has 3 aromatic rings. The van der Waals surface area contributed by atoms with E-state index in [0.29, 0.717) is 6.61 Å². The third-order valence-corrected chi connectivity index (χ3v) is 5.92. The normalized spacial score (nSPS) is 16.9. The van der Waals surface area contributed by atoms with Crippen LogP contribution in [-0.2, 0) is 24.4 Å². The maximum absolute atomic E-state index is 5.27. The minimum absolute atomic E-state index is 0. The fraction of sp³-hybridized carbons (Fsp3) is 0.435. The summed E-state index contributed by atoms with van der Waals surface area (Å²) < 4.78 is 7.34. The zero-order valence-electron chi connectivity index (χ0n) is 18.4. The molecule has 1 atom stereocenters. The first-order chi connectivity index (χ1) is 14.7. The van der Waals surface area contributed by atoms with Gasteiger partial charge in [0.25, 0.3) is 0 Å². The minimum Gasteiger partial charge on any atom is -0.380 e. The van der Waals surface area contributed by atoms with Gasteiger partial charge in [0.2, 0.25) is 0 Å². The summed E-state index contributed by atoms with van der Waals surface area (Å²) in [6.07, 6.45) is 7.36. The summed E-state index contributed by atoms with van der Waals surface area (Å²) in [5.74, 6) is 0.938. The summed E-state index contributed by atoms with van der Waals surface area (Å²) in [4.78, 5) is 13.7. The number of piperazine rings is 1. The van der Waals surface area contributed by atoms with Crippen molar-refractivity contribution < 1.29 is 4.74 Å². The van der Waals surface area contributed by atoms with Crippen LogP contribution in [0.15, 0.2) is 49.1 Å². The van der Waals surface area contributed by atoms with Gasteiger partial charge in [-0.2, -0.15) is 5.10 Å². The van der Waals surface area contributed by atoms with Crippen molar-refractivity contribution in [3.63, 3.8) is 0 Å². The molecule has 1 aliphatic heterocycles. The van der Waals surface area contributed by atoms with Gasteiger partial charge in [0.15, 0.2) is 0 Å². The fourth-order valence-corrected chi connectivity index (χ4v) is 4.17. The number of rotatable bonds is 7. The van der Waals surface area contributed by atoms with E-state index in [0.717, 1.165) is 38.5 Å². The Kier molecular flexibility index (Phi) is 8.01. The van der Waals surface area contributed by atoms with Crippen LogP contribution >= 0.6 is 12.4 Å². The zero-order chi connectivity index (χ0) is 20.9. The number of halogens is 1. The van der Waals surface area contributed by atoms with Gasteiger partial charge in [0.1, 0.15) is 5.82 Å². The number of methoxy groups -OCH3 is 1. The monoisotopic (exact) mass is 442 g/mol. The van der Waals surface area contributed by atoms with Crippen LogP contribution in [0.1, 0.15) is 35.3 Å². The zero-order valence-corrected chi connectivity index (χ0v) is 19.3. The van der Waals surface area contributed by atoms with E-state index in [9.17, 15) is 0 Å². The third kappa shape index (κ3) is 5.23. The molecule has 31 heavy (non-hydrogen) atoms. The first-order valence-corrected chi connectivity index (χ1v) is 10.5.